The van der Waals surface area contributed by atoms with Crippen molar-refractivity contribution in [1.82, 2.24) is 20.2 Å². The highest BCUT2D eigenvalue weighted by molar-refractivity contribution is 6.30. The molecule has 0 amide bonds. The van der Waals surface area contributed by atoms with Gasteiger partial charge in [0, 0.05) is 23.7 Å². The van der Waals surface area contributed by atoms with Gasteiger partial charge in [0.15, 0.2) is 0 Å². The van der Waals surface area contributed by atoms with Gasteiger partial charge in [-0.05, 0) is 47.5 Å². The maximum atomic E-state index is 6.18. The second kappa shape index (κ2) is 9.37. The van der Waals surface area contributed by atoms with Crippen LogP contribution in [0.5, 0.6) is 5.75 Å². The van der Waals surface area contributed by atoms with E-state index in [0.29, 0.717) is 24.1 Å². The molecule has 0 fully saturated rings. The summed E-state index contributed by atoms with van der Waals surface area (Å²) in [6.07, 6.45) is 2.12. The molecule has 0 atom stereocenters. The molecule has 0 unspecified atom stereocenters. The summed E-state index contributed by atoms with van der Waals surface area (Å²) in [4.78, 5) is 0. The van der Waals surface area contributed by atoms with Crippen LogP contribution in [0.15, 0.2) is 42.5 Å². The van der Waals surface area contributed by atoms with Gasteiger partial charge in [0.2, 0.25) is 5.95 Å². The Bertz CT molecular complexity index is 863. The molecule has 0 spiro atoms. The van der Waals surface area contributed by atoms with E-state index in [4.69, 9.17) is 16.3 Å². The lowest BCUT2D eigenvalue weighted by Gasteiger charge is -2.13. The Balaban J connectivity index is 1.67. The number of tetrazole rings is 1. The summed E-state index contributed by atoms with van der Waals surface area (Å²) < 4.78 is 7.80. The van der Waals surface area contributed by atoms with Gasteiger partial charge >= 0.3 is 0 Å². The molecule has 0 radical (unpaired) electrons. The average molecular weight is 386 g/mol. The Morgan fingerprint density at radius 1 is 1.15 bits per heavy atom. The Kier molecular flexibility index (Phi) is 6.65. The molecule has 0 saturated heterocycles. The molecule has 142 valence electrons. The van der Waals surface area contributed by atoms with Crippen molar-refractivity contribution in [3.05, 3.63) is 64.2 Å². The summed E-state index contributed by atoms with van der Waals surface area (Å²) in [5.74, 6) is 1.44. The van der Waals surface area contributed by atoms with Crippen molar-refractivity contribution in [2.24, 2.45) is 0 Å². The third kappa shape index (κ3) is 5.44. The van der Waals surface area contributed by atoms with E-state index < -0.39 is 0 Å². The summed E-state index contributed by atoms with van der Waals surface area (Å²) in [5.41, 5.74) is 3.31. The predicted octanol–water partition coefficient (Wildman–Crippen LogP) is 4.63. The van der Waals surface area contributed by atoms with Crippen molar-refractivity contribution in [2.75, 3.05) is 5.32 Å². The molecule has 0 saturated carbocycles. The summed E-state index contributed by atoms with van der Waals surface area (Å²) in [7, 11) is 0. The monoisotopic (exact) mass is 385 g/mol. The lowest BCUT2D eigenvalue weighted by molar-refractivity contribution is 0.303. The van der Waals surface area contributed by atoms with Crippen molar-refractivity contribution in [2.45, 2.75) is 46.4 Å². The molecule has 0 aliphatic heterocycles. The maximum absolute atomic E-state index is 6.18. The zero-order chi connectivity index (χ0) is 19.1. The van der Waals surface area contributed by atoms with Crippen LogP contribution in [-0.4, -0.2) is 20.2 Å². The van der Waals surface area contributed by atoms with E-state index in [9.17, 15) is 0 Å². The van der Waals surface area contributed by atoms with E-state index in [1.807, 2.05) is 18.2 Å². The summed E-state index contributed by atoms with van der Waals surface area (Å²) in [6, 6.07) is 13.9. The Labute approximate surface area is 164 Å². The number of nitrogens with zero attached hydrogens (tertiary/aromatic N) is 4. The van der Waals surface area contributed by atoms with E-state index >= 15 is 0 Å². The van der Waals surface area contributed by atoms with Gasteiger partial charge in [-0.25, -0.2) is 4.68 Å². The molecule has 1 aromatic heterocycles. The molecule has 2 aromatic carbocycles. The molecule has 7 heteroatoms. The molecule has 0 aliphatic rings. The minimum Gasteiger partial charge on any atom is -0.489 e. The standard InChI is InChI=1S/C20H24ClN5O/c1-3-4-11-26-20(23-24-25-26)22-13-17-12-18(21)9-10-19(17)27-14-16-7-5-15(2)6-8-16/h5-10,12H,3-4,11,13-14H2,1-2H3,(H,22,23,25). The van der Waals surface area contributed by atoms with Crippen LogP contribution < -0.4 is 10.1 Å². The third-order valence-electron chi connectivity index (χ3n) is 4.23. The van der Waals surface area contributed by atoms with Gasteiger partial charge in [-0.15, -0.1) is 0 Å². The first-order chi connectivity index (χ1) is 13.2. The largest absolute Gasteiger partial charge is 0.489 e. The topological polar surface area (TPSA) is 64.9 Å². The SMILES string of the molecule is CCCCn1nnnc1NCc1cc(Cl)ccc1OCc1ccc(C)cc1. The first-order valence-electron chi connectivity index (χ1n) is 9.12. The van der Waals surface area contributed by atoms with E-state index in [-0.39, 0.29) is 0 Å². The molecule has 3 rings (SSSR count). The highest BCUT2D eigenvalue weighted by Gasteiger charge is 2.09. The highest BCUT2D eigenvalue weighted by Crippen LogP contribution is 2.25. The fraction of sp³-hybridized carbons (Fsp3) is 0.350. The number of hydrogen-bond donors (Lipinski definition) is 1. The first-order valence-corrected chi connectivity index (χ1v) is 9.50. The van der Waals surface area contributed by atoms with Crippen LogP contribution in [0.2, 0.25) is 5.02 Å². The molecular weight excluding hydrogens is 362 g/mol. The number of unbranched alkanes of at least 4 members (excludes halogenated alkanes) is 1. The van der Waals surface area contributed by atoms with Crippen molar-refractivity contribution in [1.29, 1.82) is 0 Å². The average Bonchev–Trinajstić information content (AvgIpc) is 3.12. The molecule has 0 bridgehead atoms. The lowest BCUT2D eigenvalue weighted by Crippen LogP contribution is -2.10. The fourth-order valence-electron chi connectivity index (χ4n) is 2.64. The molecular formula is C20H24ClN5O. The second-order valence-electron chi connectivity index (χ2n) is 6.46. The van der Waals surface area contributed by atoms with E-state index in [2.05, 4.69) is 59.0 Å². The zero-order valence-corrected chi connectivity index (χ0v) is 16.4. The van der Waals surface area contributed by atoms with Gasteiger partial charge in [0.05, 0.1) is 0 Å². The van der Waals surface area contributed by atoms with E-state index in [1.54, 1.807) is 4.68 Å². The minimum atomic E-state index is 0.503. The maximum Gasteiger partial charge on any atom is 0.243 e. The molecule has 27 heavy (non-hydrogen) atoms. The molecule has 0 aliphatic carbocycles. The molecule has 6 nitrogen and oxygen atoms in total. The predicted molar refractivity (Wildman–Crippen MR) is 107 cm³/mol. The summed E-state index contributed by atoms with van der Waals surface area (Å²) in [6.45, 7) is 6.03. The van der Waals surface area contributed by atoms with Crippen LogP contribution in [0.4, 0.5) is 5.95 Å². The second-order valence-corrected chi connectivity index (χ2v) is 6.90. The van der Waals surface area contributed by atoms with Crippen LogP contribution in [0.3, 0.4) is 0 Å². The summed E-state index contributed by atoms with van der Waals surface area (Å²) in [5, 5.41) is 15.8. The van der Waals surface area contributed by atoms with Gasteiger partial charge in [0.1, 0.15) is 12.4 Å². The van der Waals surface area contributed by atoms with Crippen molar-refractivity contribution in [3.8, 4) is 5.75 Å². The Morgan fingerprint density at radius 3 is 2.74 bits per heavy atom. The van der Waals surface area contributed by atoms with Crippen LogP contribution in [0, 0.1) is 6.92 Å². The number of aromatic nitrogens is 4. The van der Waals surface area contributed by atoms with Gasteiger partial charge < -0.3 is 10.1 Å². The van der Waals surface area contributed by atoms with Crippen molar-refractivity contribution in [3.63, 3.8) is 0 Å². The number of hydrogen-bond acceptors (Lipinski definition) is 5. The third-order valence-corrected chi connectivity index (χ3v) is 4.46. The van der Waals surface area contributed by atoms with Gasteiger partial charge in [-0.1, -0.05) is 59.9 Å². The Morgan fingerprint density at radius 2 is 1.96 bits per heavy atom. The van der Waals surface area contributed by atoms with Gasteiger partial charge in [-0.2, -0.15) is 0 Å². The number of benzene rings is 2. The van der Waals surface area contributed by atoms with Gasteiger partial charge in [0.25, 0.3) is 0 Å². The molecule has 3 aromatic rings. The number of halogens is 1. The van der Waals surface area contributed by atoms with Crippen LogP contribution >= 0.6 is 11.6 Å². The van der Waals surface area contributed by atoms with Gasteiger partial charge in [-0.3, -0.25) is 0 Å². The minimum absolute atomic E-state index is 0.503. The lowest BCUT2D eigenvalue weighted by atomic mass is 10.1. The first kappa shape index (κ1) is 19.2. The Hall–Kier alpha value is -2.60. The quantitative estimate of drug-likeness (QED) is 0.582. The van der Waals surface area contributed by atoms with Crippen LogP contribution in [0.25, 0.3) is 0 Å². The van der Waals surface area contributed by atoms with Crippen molar-refractivity contribution < 1.29 is 4.74 Å². The van der Waals surface area contributed by atoms with Crippen molar-refractivity contribution >= 4 is 17.5 Å². The van der Waals surface area contributed by atoms with E-state index in [1.165, 1.54) is 5.56 Å². The van der Waals surface area contributed by atoms with E-state index in [0.717, 1.165) is 36.3 Å². The number of ether oxygens (including phenoxy) is 1. The number of nitrogens with one attached hydrogen (secondary N) is 1. The van der Waals surface area contributed by atoms with Crippen LogP contribution in [0.1, 0.15) is 36.5 Å². The smallest absolute Gasteiger partial charge is 0.243 e. The van der Waals surface area contributed by atoms with Crippen LogP contribution in [-0.2, 0) is 19.7 Å². The number of rotatable bonds is 9. The normalized spacial score (nSPS) is 10.8. The zero-order valence-electron chi connectivity index (χ0n) is 15.7. The molecule has 1 heterocycles. The fourth-order valence-corrected chi connectivity index (χ4v) is 2.83. The molecule has 1 N–H and O–H groups in total. The number of anilines is 1. The number of aryl methyl sites for hydroxylation is 2. The summed E-state index contributed by atoms with van der Waals surface area (Å²) >= 11 is 6.18. The highest BCUT2D eigenvalue weighted by atomic mass is 35.5.